The van der Waals surface area contributed by atoms with Crippen LogP contribution in [0.15, 0.2) is 20.6 Å². The Labute approximate surface area is 101 Å². The SMILES string of the molecule is C[Si]1(C)c2cscc2-c2c(Br)csc21. The molecule has 0 atom stereocenters. The fraction of sp³-hybridized carbons (Fsp3) is 0.200. The Morgan fingerprint density at radius 2 is 2.00 bits per heavy atom. The zero-order chi connectivity index (χ0) is 9.92. The van der Waals surface area contributed by atoms with Gasteiger partial charge in [-0.05, 0) is 37.4 Å². The monoisotopic (exact) mass is 300 g/mol. The first kappa shape index (κ1) is 9.33. The first-order valence-electron chi connectivity index (χ1n) is 4.47. The van der Waals surface area contributed by atoms with Gasteiger partial charge in [-0.1, -0.05) is 13.1 Å². The summed E-state index contributed by atoms with van der Waals surface area (Å²) in [6.07, 6.45) is 0. The van der Waals surface area contributed by atoms with Crippen LogP contribution in [0.25, 0.3) is 11.1 Å². The predicted octanol–water partition coefficient (Wildman–Crippen LogP) is 3.38. The average Bonchev–Trinajstić information content (AvgIpc) is 2.71. The molecule has 2 aromatic heterocycles. The molecular weight excluding hydrogens is 292 g/mol. The highest BCUT2D eigenvalue weighted by molar-refractivity contribution is 9.10. The van der Waals surface area contributed by atoms with Crippen molar-refractivity contribution in [1.29, 1.82) is 0 Å². The van der Waals surface area contributed by atoms with Crippen molar-refractivity contribution in [2.45, 2.75) is 13.1 Å². The number of rotatable bonds is 0. The normalized spacial score (nSPS) is 16.8. The van der Waals surface area contributed by atoms with E-state index in [1.54, 1.807) is 9.69 Å². The molecule has 4 heteroatoms. The third kappa shape index (κ3) is 0.975. The number of thiophene rings is 2. The van der Waals surface area contributed by atoms with Gasteiger partial charge in [-0.3, -0.25) is 0 Å². The van der Waals surface area contributed by atoms with Crippen molar-refractivity contribution in [3.05, 3.63) is 20.6 Å². The second kappa shape index (κ2) is 2.81. The van der Waals surface area contributed by atoms with Crippen LogP contribution in [0.4, 0.5) is 0 Å². The van der Waals surface area contributed by atoms with E-state index in [9.17, 15) is 0 Å². The van der Waals surface area contributed by atoms with E-state index in [1.165, 1.54) is 15.6 Å². The Hall–Kier alpha value is 0.0969. The summed E-state index contributed by atoms with van der Waals surface area (Å²) in [4.78, 5) is 0. The minimum Gasteiger partial charge on any atom is -0.152 e. The Bertz CT molecular complexity index is 510. The standard InChI is InChI=1S/C10H9BrS2Si/c1-14(2)8-5-12-3-6(8)9-7(11)4-13-10(9)14/h3-5H,1-2H3. The highest BCUT2D eigenvalue weighted by Gasteiger charge is 2.40. The van der Waals surface area contributed by atoms with Crippen molar-refractivity contribution in [3.8, 4) is 11.1 Å². The molecule has 1 aliphatic heterocycles. The minimum absolute atomic E-state index is 1.29. The highest BCUT2D eigenvalue weighted by atomic mass is 79.9. The highest BCUT2D eigenvalue weighted by Crippen LogP contribution is 2.38. The van der Waals surface area contributed by atoms with Crippen LogP contribution in [-0.2, 0) is 0 Å². The molecular formula is C10H9BrS2Si. The van der Waals surface area contributed by atoms with Gasteiger partial charge in [0.15, 0.2) is 0 Å². The van der Waals surface area contributed by atoms with Crippen LogP contribution in [0.2, 0.25) is 13.1 Å². The lowest BCUT2D eigenvalue weighted by atomic mass is 10.2. The van der Waals surface area contributed by atoms with Gasteiger partial charge in [-0.15, -0.1) is 0 Å². The molecule has 0 amide bonds. The molecule has 0 unspecified atom stereocenters. The number of hydrogen-bond donors (Lipinski definition) is 0. The lowest BCUT2D eigenvalue weighted by molar-refractivity contribution is 1.86. The quantitative estimate of drug-likeness (QED) is 0.655. The van der Waals surface area contributed by atoms with E-state index in [0.717, 1.165) is 0 Å². The van der Waals surface area contributed by atoms with Crippen molar-refractivity contribution in [3.63, 3.8) is 0 Å². The summed E-state index contributed by atoms with van der Waals surface area (Å²) in [5, 5.41) is 8.51. The lowest BCUT2D eigenvalue weighted by Crippen LogP contribution is -2.47. The number of fused-ring (bicyclic) bond motifs is 3. The van der Waals surface area contributed by atoms with E-state index in [2.05, 4.69) is 45.2 Å². The van der Waals surface area contributed by atoms with Gasteiger partial charge in [-0.25, -0.2) is 0 Å². The molecule has 14 heavy (non-hydrogen) atoms. The molecule has 0 aliphatic carbocycles. The molecule has 0 fully saturated rings. The second-order valence-electron chi connectivity index (χ2n) is 4.11. The van der Waals surface area contributed by atoms with Crippen LogP contribution in [0.1, 0.15) is 0 Å². The first-order chi connectivity index (χ1) is 6.62. The van der Waals surface area contributed by atoms with Crippen LogP contribution in [-0.4, -0.2) is 8.07 Å². The van der Waals surface area contributed by atoms with Crippen LogP contribution in [0, 0.1) is 0 Å². The fourth-order valence-corrected chi connectivity index (χ4v) is 9.72. The molecule has 0 saturated heterocycles. The van der Waals surface area contributed by atoms with Gasteiger partial charge in [0.25, 0.3) is 0 Å². The topological polar surface area (TPSA) is 0 Å². The number of hydrogen-bond acceptors (Lipinski definition) is 2. The summed E-state index contributed by atoms with van der Waals surface area (Å²) >= 11 is 7.43. The van der Waals surface area contributed by atoms with Gasteiger partial charge in [0, 0.05) is 19.9 Å². The Morgan fingerprint density at radius 1 is 1.21 bits per heavy atom. The van der Waals surface area contributed by atoms with Crippen LogP contribution in [0.5, 0.6) is 0 Å². The van der Waals surface area contributed by atoms with Gasteiger partial charge in [0.2, 0.25) is 0 Å². The van der Waals surface area contributed by atoms with Crippen molar-refractivity contribution in [1.82, 2.24) is 0 Å². The molecule has 0 radical (unpaired) electrons. The molecule has 0 nitrogen and oxygen atoms in total. The van der Waals surface area contributed by atoms with Gasteiger partial charge in [0.05, 0.1) is 0 Å². The minimum atomic E-state index is -1.31. The fourth-order valence-electron chi connectivity index (χ4n) is 2.14. The van der Waals surface area contributed by atoms with Crippen LogP contribution in [0.3, 0.4) is 0 Å². The summed E-state index contributed by atoms with van der Waals surface area (Å²) in [7, 11) is -1.31. The Morgan fingerprint density at radius 3 is 2.79 bits per heavy atom. The molecule has 3 rings (SSSR count). The second-order valence-corrected chi connectivity index (χ2v) is 11.2. The molecule has 1 aliphatic rings. The van der Waals surface area contributed by atoms with Crippen LogP contribution >= 0.6 is 38.6 Å². The maximum absolute atomic E-state index is 3.66. The zero-order valence-corrected chi connectivity index (χ0v) is 12.1. The third-order valence-electron chi connectivity index (χ3n) is 2.92. The van der Waals surface area contributed by atoms with Gasteiger partial charge < -0.3 is 0 Å². The summed E-state index contributed by atoms with van der Waals surface area (Å²) in [6, 6.07) is 0. The van der Waals surface area contributed by atoms with Gasteiger partial charge >= 0.3 is 0 Å². The smallest absolute Gasteiger partial charge is 0.127 e. The van der Waals surface area contributed by atoms with E-state index in [-0.39, 0.29) is 0 Å². The zero-order valence-electron chi connectivity index (χ0n) is 7.93. The number of halogens is 1. The van der Waals surface area contributed by atoms with Crippen molar-refractivity contribution in [2.24, 2.45) is 0 Å². The lowest BCUT2D eigenvalue weighted by Gasteiger charge is -2.14. The maximum atomic E-state index is 3.66. The Balaban J connectivity index is 2.44. The molecule has 2 aromatic rings. The molecule has 0 aromatic carbocycles. The van der Waals surface area contributed by atoms with E-state index in [0.29, 0.717) is 0 Å². The van der Waals surface area contributed by atoms with E-state index < -0.39 is 8.07 Å². The molecule has 3 heterocycles. The summed E-state index contributed by atoms with van der Waals surface area (Å²) in [5.74, 6) is 0. The predicted molar refractivity (Wildman–Crippen MR) is 72.1 cm³/mol. The van der Waals surface area contributed by atoms with Crippen molar-refractivity contribution < 1.29 is 0 Å². The van der Waals surface area contributed by atoms with E-state index in [1.807, 2.05) is 22.7 Å². The first-order valence-corrected chi connectivity index (χ1v) is 10.1. The van der Waals surface area contributed by atoms with Crippen molar-refractivity contribution in [2.75, 3.05) is 0 Å². The summed E-state index contributed by atoms with van der Waals surface area (Å²) < 4.78 is 2.93. The summed E-state index contributed by atoms with van der Waals surface area (Å²) in [5.41, 5.74) is 2.98. The molecule has 72 valence electrons. The van der Waals surface area contributed by atoms with Gasteiger partial charge in [-0.2, -0.15) is 22.7 Å². The molecule has 0 saturated carbocycles. The molecule has 0 N–H and O–H groups in total. The summed E-state index contributed by atoms with van der Waals surface area (Å²) in [6.45, 7) is 4.90. The Kier molecular flexibility index (Phi) is 1.88. The van der Waals surface area contributed by atoms with E-state index >= 15 is 0 Å². The average molecular weight is 301 g/mol. The van der Waals surface area contributed by atoms with Crippen molar-refractivity contribution >= 4 is 56.4 Å². The third-order valence-corrected chi connectivity index (χ3v) is 10.6. The van der Waals surface area contributed by atoms with Gasteiger partial charge in [0.1, 0.15) is 8.07 Å². The van der Waals surface area contributed by atoms with Crippen LogP contribution < -0.4 is 9.69 Å². The van der Waals surface area contributed by atoms with E-state index in [4.69, 9.17) is 0 Å². The molecule has 0 bridgehead atoms. The largest absolute Gasteiger partial charge is 0.152 e. The maximum Gasteiger partial charge on any atom is 0.127 e. The molecule has 0 spiro atoms.